The average molecular weight is 252 g/mol. The molecular formula is C11H14ClN5. The SMILES string of the molecule is CC(C#N)N1CCN(c2ccc(Cl)nn2)CC1. The van der Waals surface area contributed by atoms with Crippen LogP contribution in [0.4, 0.5) is 5.82 Å². The summed E-state index contributed by atoms with van der Waals surface area (Å²) in [7, 11) is 0. The van der Waals surface area contributed by atoms with E-state index in [9.17, 15) is 0 Å². The van der Waals surface area contributed by atoms with Crippen molar-refractivity contribution in [2.24, 2.45) is 0 Å². The summed E-state index contributed by atoms with van der Waals surface area (Å²) in [6.07, 6.45) is 0. The molecule has 0 spiro atoms. The molecule has 1 aromatic heterocycles. The second kappa shape index (κ2) is 5.30. The predicted octanol–water partition coefficient (Wildman–Crippen LogP) is 1.16. The number of hydrogen-bond acceptors (Lipinski definition) is 5. The van der Waals surface area contributed by atoms with Crippen LogP contribution in [0.15, 0.2) is 12.1 Å². The van der Waals surface area contributed by atoms with Gasteiger partial charge in [-0.2, -0.15) is 5.26 Å². The Hall–Kier alpha value is -1.38. The van der Waals surface area contributed by atoms with E-state index in [0.717, 1.165) is 32.0 Å². The maximum absolute atomic E-state index is 8.86. The summed E-state index contributed by atoms with van der Waals surface area (Å²) in [5, 5.41) is 17.2. The molecule has 2 heterocycles. The van der Waals surface area contributed by atoms with Crippen molar-refractivity contribution >= 4 is 17.4 Å². The van der Waals surface area contributed by atoms with Crippen molar-refractivity contribution in [1.82, 2.24) is 15.1 Å². The van der Waals surface area contributed by atoms with Gasteiger partial charge in [-0.15, -0.1) is 10.2 Å². The fourth-order valence-electron chi connectivity index (χ4n) is 1.90. The van der Waals surface area contributed by atoms with Crippen LogP contribution in [0.25, 0.3) is 0 Å². The van der Waals surface area contributed by atoms with Gasteiger partial charge in [-0.25, -0.2) is 0 Å². The Morgan fingerprint density at radius 2 is 2.00 bits per heavy atom. The monoisotopic (exact) mass is 251 g/mol. The molecule has 1 aliphatic heterocycles. The highest BCUT2D eigenvalue weighted by Gasteiger charge is 2.21. The summed E-state index contributed by atoms with van der Waals surface area (Å²) in [5.41, 5.74) is 0. The molecule has 0 saturated carbocycles. The van der Waals surface area contributed by atoms with Crippen molar-refractivity contribution in [2.45, 2.75) is 13.0 Å². The lowest BCUT2D eigenvalue weighted by molar-refractivity contribution is 0.231. The van der Waals surface area contributed by atoms with Gasteiger partial charge in [-0.3, -0.25) is 4.90 Å². The maximum atomic E-state index is 8.86. The number of nitrogens with zero attached hydrogens (tertiary/aromatic N) is 5. The van der Waals surface area contributed by atoms with E-state index in [1.54, 1.807) is 6.07 Å². The smallest absolute Gasteiger partial charge is 0.151 e. The van der Waals surface area contributed by atoms with E-state index in [1.165, 1.54) is 0 Å². The molecule has 0 N–H and O–H groups in total. The lowest BCUT2D eigenvalue weighted by Gasteiger charge is -2.36. The standard InChI is InChI=1S/C11H14ClN5/c1-9(8-13)16-4-6-17(7-5-16)11-3-2-10(12)14-15-11/h2-3,9H,4-7H2,1H3. The molecule has 0 aliphatic carbocycles. The van der Waals surface area contributed by atoms with Gasteiger partial charge >= 0.3 is 0 Å². The average Bonchev–Trinajstić information content (AvgIpc) is 2.39. The fourth-order valence-corrected chi connectivity index (χ4v) is 2.00. The maximum Gasteiger partial charge on any atom is 0.151 e. The molecule has 2 rings (SSSR count). The van der Waals surface area contributed by atoms with Gasteiger partial charge in [0.2, 0.25) is 0 Å². The number of rotatable bonds is 2. The zero-order valence-corrected chi connectivity index (χ0v) is 10.4. The Balaban J connectivity index is 1.95. The lowest BCUT2D eigenvalue weighted by Crippen LogP contribution is -2.49. The van der Waals surface area contributed by atoms with Crippen LogP contribution >= 0.6 is 11.6 Å². The summed E-state index contributed by atoms with van der Waals surface area (Å²) in [5.74, 6) is 0.846. The normalized spacial score (nSPS) is 18.8. The largest absolute Gasteiger partial charge is 0.353 e. The van der Waals surface area contributed by atoms with Gasteiger partial charge in [-0.1, -0.05) is 11.6 Å². The van der Waals surface area contributed by atoms with Gasteiger partial charge in [0, 0.05) is 26.2 Å². The van der Waals surface area contributed by atoms with Crippen LogP contribution in [0.5, 0.6) is 0 Å². The van der Waals surface area contributed by atoms with Crippen molar-refractivity contribution in [2.75, 3.05) is 31.1 Å². The van der Waals surface area contributed by atoms with E-state index >= 15 is 0 Å². The van der Waals surface area contributed by atoms with E-state index in [2.05, 4.69) is 26.1 Å². The first-order valence-electron chi connectivity index (χ1n) is 5.58. The van der Waals surface area contributed by atoms with E-state index in [4.69, 9.17) is 16.9 Å². The van der Waals surface area contributed by atoms with Crippen LogP contribution in [-0.4, -0.2) is 47.3 Å². The zero-order valence-electron chi connectivity index (χ0n) is 9.67. The van der Waals surface area contributed by atoms with Crippen molar-refractivity contribution < 1.29 is 0 Å². The third kappa shape index (κ3) is 2.84. The fraction of sp³-hybridized carbons (Fsp3) is 0.545. The first kappa shape index (κ1) is 12.1. The van der Waals surface area contributed by atoms with Crippen molar-refractivity contribution in [1.29, 1.82) is 5.26 Å². The summed E-state index contributed by atoms with van der Waals surface area (Å²) < 4.78 is 0. The van der Waals surface area contributed by atoms with Gasteiger partial charge in [-0.05, 0) is 19.1 Å². The third-order valence-corrected chi connectivity index (χ3v) is 3.19. The summed E-state index contributed by atoms with van der Waals surface area (Å²) in [6, 6.07) is 5.86. The van der Waals surface area contributed by atoms with E-state index in [0.29, 0.717) is 5.15 Å². The first-order valence-corrected chi connectivity index (χ1v) is 5.96. The zero-order chi connectivity index (χ0) is 12.3. The number of aromatic nitrogens is 2. The highest BCUT2D eigenvalue weighted by atomic mass is 35.5. The molecule has 1 aliphatic rings. The van der Waals surface area contributed by atoms with Gasteiger partial charge in [0.15, 0.2) is 11.0 Å². The minimum absolute atomic E-state index is 0.0200. The number of nitriles is 1. The highest BCUT2D eigenvalue weighted by Crippen LogP contribution is 2.15. The second-order valence-corrected chi connectivity index (χ2v) is 4.43. The van der Waals surface area contributed by atoms with Crippen LogP contribution in [-0.2, 0) is 0 Å². The molecule has 17 heavy (non-hydrogen) atoms. The van der Waals surface area contributed by atoms with E-state index < -0.39 is 0 Å². The Morgan fingerprint density at radius 1 is 1.29 bits per heavy atom. The second-order valence-electron chi connectivity index (χ2n) is 4.04. The molecule has 1 fully saturated rings. The van der Waals surface area contributed by atoms with Crippen molar-refractivity contribution in [3.05, 3.63) is 17.3 Å². The van der Waals surface area contributed by atoms with Crippen LogP contribution in [0.3, 0.4) is 0 Å². The molecule has 0 radical (unpaired) electrons. The van der Waals surface area contributed by atoms with Gasteiger partial charge < -0.3 is 4.90 Å². The topological polar surface area (TPSA) is 56.1 Å². The van der Waals surface area contributed by atoms with Crippen LogP contribution in [0.2, 0.25) is 5.15 Å². The lowest BCUT2D eigenvalue weighted by atomic mass is 10.2. The number of halogens is 1. The Bertz CT molecular complexity index is 405. The summed E-state index contributed by atoms with van der Waals surface area (Å²) >= 11 is 5.70. The molecule has 90 valence electrons. The van der Waals surface area contributed by atoms with Crippen LogP contribution in [0.1, 0.15) is 6.92 Å². The Morgan fingerprint density at radius 3 is 2.53 bits per heavy atom. The molecule has 1 atom stereocenters. The molecule has 0 amide bonds. The van der Waals surface area contributed by atoms with Crippen molar-refractivity contribution in [3.63, 3.8) is 0 Å². The Labute approximate surface area is 106 Å². The minimum Gasteiger partial charge on any atom is -0.353 e. The third-order valence-electron chi connectivity index (χ3n) is 2.99. The quantitative estimate of drug-likeness (QED) is 0.790. The number of piperazine rings is 1. The van der Waals surface area contributed by atoms with Crippen molar-refractivity contribution in [3.8, 4) is 6.07 Å². The van der Waals surface area contributed by atoms with Crippen LogP contribution in [0, 0.1) is 11.3 Å². The number of anilines is 1. The molecule has 0 aromatic carbocycles. The molecule has 1 aromatic rings. The Kier molecular flexibility index (Phi) is 3.77. The first-order chi connectivity index (χ1) is 8.20. The highest BCUT2D eigenvalue weighted by molar-refractivity contribution is 6.29. The van der Waals surface area contributed by atoms with Gasteiger partial charge in [0.1, 0.15) is 0 Å². The molecule has 0 bridgehead atoms. The molecule has 6 heteroatoms. The molecular weight excluding hydrogens is 238 g/mol. The van der Waals surface area contributed by atoms with Crippen LogP contribution < -0.4 is 4.90 Å². The molecule has 1 unspecified atom stereocenters. The summed E-state index contributed by atoms with van der Waals surface area (Å²) in [4.78, 5) is 4.32. The van der Waals surface area contributed by atoms with Gasteiger partial charge in [0.25, 0.3) is 0 Å². The minimum atomic E-state index is -0.0200. The molecule has 1 saturated heterocycles. The van der Waals surface area contributed by atoms with Gasteiger partial charge in [0.05, 0.1) is 12.1 Å². The van der Waals surface area contributed by atoms with E-state index in [1.807, 2.05) is 13.0 Å². The number of hydrogen-bond donors (Lipinski definition) is 0. The summed E-state index contributed by atoms with van der Waals surface area (Å²) in [6.45, 7) is 5.40. The molecule has 5 nitrogen and oxygen atoms in total. The predicted molar refractivity (Wildman–Crippen MR) is 65.9 cm³/mol. The van der Waals surface area contributed by atoms with E-state index in [-0.39, 0.29) is 6.04 Å².